The van der Waals surface area contributed by atoms with Gasteiger partial charge in [-0.25, -0.2) is 4.98 Å². The van der Waals surface area contributed by atoms with Crippen molar-refractivity contribution in [1.82, 2.24) is 20.1 Å². The van der Waals surface area contributed by atoms with Crippen LogP contribution in [0.2, 0.25) is 0 Å². The standard InChI is InChI=1S/C12H15N5O/c1-14-12(11(13)18,7-17-9-15-8-16-17)10-5-3-2-4-6-10/h2-6,8-9,14H,7H2,1H3,(H2,13,18). The van der Waals surface area contributed by atoms with E-state index in [2.05, 4.69) is 15.4 Å². The van der Waals surface area contributed by atoms with Crippen LogP contribution in [0.4, 0.5) is 0 Å². The first-order chi connectivity index (χ1) is 8.69. The molecule has 0 spiro atoms. The lowest BCUT2D eigenvalue weighted by Gasteiger charge is -2.30. The van der Waals surface area contributed by atoms with Crippen LogP contribution in [-0.2, 0) is 16.9 Å². The number of benzene rings is 1. The molecule has 18 heavy (non-hydrogen) atoms. The average Bonchev–Trinajstić information content (AvgIpc) is 2.89. The monoisotopic (exact) mass is 245 g/mol. The first-order valence-electron chi connectivity index (χ1n) is 5.56. The Morgan fingerprint density at radius 1 is 1.44 bits per heavy atom. The summed E-state index contributed by atoms with van der Waals surface area (Å²) >= 11 is 0. The van der Waals surface area contributed by atoms with Gasteiger partial charge < -0.3 is 11.1 Å². The first kappa shape index (κ1) is 12.3. The Kier molecular flexibility index (Phi) is 3.38. The van der Waals surface area contributed by atoms with E-state index in [0.29, 0.717) is 6.54 Å². The number of hydrogen-bond acceptors (Lipinski definition) is 4. The van der Waals surface area contributed by atoms with Gasteiger partial charge in [0.05, 0.1) is 6.54 Å². The van der Waals surface area contributed by atoms with Crippen molar-refractivity contribution >= 4 is 5.91 Å². The Morgan fingerprint density at radius 3 is 2.67 bits per heavy atom. The quantitative estimate of drug-likeness (QED) is 0.769. The van der Waals surface area contributed by atoms with Crippen molar-refractivity contribution in [2.75, 3.05) is 7.05 Å². The van der Waals surface area contributed by atoms with E-state index in [1.807, 2.05) is 30.3 Å². The van der Waals surface area contributed by atoms with Crippen LogP contribution in [0.5, 0.6) is 0 Å². The Labute approximate surface area is 105 Å². The van der Waals surface area contributed by atoms with Crippen molar-refractivity contribution in [3.05, 3.63) is 48.5 Å². The molecule has 0 radical (unpaired) electrons. The molecule has 0 saturated carbocycles. The number of aromatic nitrogens is 3. The third kappa shape index (κ3) is 2.10. The van der Waals surface area contributed by atoms with Gasteiger partial charge in [0.15, 0.2) is 0 Å². The van der Waals surface area contributed by atoms with Crippen LogP contribution in [0.3, 0.4) is 0 Å². The largest absolute Gasteiger partial charge is 0.368 e. The van der Waals surface area contributed by atoms with Gasteiger partial charge in [-0.1, -0.05) is 30.3 Å². The van der Waals surface area contributed by atoms with Crippen molar-refractivity contribution in [1.29, 1.82) is 0 Å². The van der Waals surface area contributed by atoms with Crippen molar-refractivity contribution in [2.24, 2.45) is 5.73 Å². The third-order valence-corrected chi connectivity index (χ3v) is 2.98. The van der Waals surface area contributed by atoms with Crippen molar-refractivity contribution in [3.8, 4) is 0 Å². The van der Waals surface area contributed by atoms with Gasteiger partial charge in [0, 0.05) is 0 Å². The fraction of sp³-hybridized carbons (Fsp3) is 0.250. The highest BCUT2D eigenvalue weighted by Gasteiger charge is 2.37. The number of nitrogens with one attached hydrogen (secondary N) is 1. The third-order valence-electron chi connectivity index (χ3n) is 2.98. The number of amides is 1. The highest BCUT2D eigenvalue weighted by Crippen LogP contribution is 2.22. The van der Waals surface area contributed by atoms with E-state index in [-0.39, 0.29) is 0 Å². The molecule has 0 bridgehead atoms. The molecule has 1 aromatic carbocycles. The predicted molar refractivity (Wildman–Crippen MR) is 66.4 cm³/mol. The molecule has 3 N–H and O–H groups in total. The minimum absolute atomic E-state index is 0.294. The number of likely N-dealkylation sites (N-methyl/N-ethyl adjacent to an activating group) is 1. The van der Waals surface area contributed by atoms with Gasteiger partial charge >= 0.3 is 0 Å². The van der Waals surface area contributed by atoms with Crippen molar-refractivity contribution < 1.29 is 4.79 Å². The molecule has 6 heteroatoms. The zero-order valence-corrected chi connectivity index (χ0v) is 10.1. The molecule has 0 fully saturated rings. The van der Waals surface area contributed by atoms with E-state index in [1.165, 1.54) is 6.33 Å². The van der Waals surface area contributed by atoms with E-state index in [4.69, 9.17) is 5.73 Å². The highest BCUT2D eigenvalue weighted by molar-refractivity contribution is 5.86. The predicted octanol–water partition coefficient (Wildman–Crippen LogP) is -0.122. The van der Waals surface area contributed by atoms with Gasteiger partial charge in [-0.3, -0.25) is 9.48 Å². The summed E-state index contributed by atoms with van der Waals surface area (Å²) in [5.74, 6) is -0.452. The molecule has 2 aromatic rings. The van der Waals surface area contributed by atoms with Crippen LogP contribution in [-0.4, -0.2) is 27.7 Å². The van der Waals surface area contributed by atoms with Gasteiger partial charge in [0.2, 0.25) is 5.91 Å². The summed E-state index contributed by atoms with van der Waals surface area (Å²) in [5.41, 5.74) is 5.38. The normalized spacial score (nSPS) is 14.1. The van der Waals surface area contributed by atoms with Crippen molar-refractivity contribution in [2.45, 2.75) is 12.1 Å². The number of carbonyl (C=O) groups excluding carboxylic acids is 1. The van der Waals surface area contributed by atoms with Crippen LogP contribution in [0.25, 0.3) is 0 Å². The molecule has 0 aliphatic rings. The van der Waals surface area contributed by atoms with Gasteiger partial charge in [0.25, 0.3) is 0 Å². The summed E-state index contributed by atoms with van der Waals surface area (Å²) in [6, 6.07) is 9.34. The number of hydrogen-bond donors (Lipinski definition) is 2. The molecule has 2 rings (SSSR count). The smallest absolute Gasteiger partial charge is 0.244 e. The van der Waals surface area contributed by atoms with Crippen LogP contribution >= 0.6 is 0 Å². The van der Waals surface area contributed by atoms with Gasteiger partial charge in [-0.2, -0.15) is 5.10 Å². The van der Waals surface area contributed by atoms with E-state index in [9.17, 15) is 4.79 Å². The molecule has 0 aliphatic carbocycles. The summed E-state index contributed by atoms with van der Waals surface area (Å²) in [6.45, 7) is 0.294. The molecule has 94 valence electrons. The first-order valence-corrected chi connectivity index (χ1v) is 5.56. The van der Waals surface area contributed by atoms with Crippen molar-refractivity contribution in [3.63, 3.8) is 0 Å². The number of nitrogens with zero attached hydrogens (tertiary/aromatic N) is 3. The lowest BCUT2D eigenvalue weighted by molar-refractivity contribution is -0.125. The maximum atomic E-state index is 11.9. The molecule has 0 aliphatic heterocycles. The SMILES string of the molecule is CNC(Cn1cncn1)(C(N)=O)c1ccccc1. The molecule has 1 amide bonds. The van der Waals surface area contributed by atoms with Gasteiger partial charge in [-0.15, -0.1) is 0 Å². The second-order valence-corrected chi connectivity index (χ2v) is 3.98. The molecule has 1 unspecified atom stereocenters. The maximum absolute atomic E-state index is 11.9. The zero-order valence-electron chi connectivity index (χ0n) is 10.1. The summed E-state index contributed by atoms with van der Waals surface area (Å²) in [6.07, 6.45) is 2.98. The number of primary amides is 1. The molecule has 0 saturated heterocycles. The molecular formula is C12H15N5O. The van der Waals surface area contributed by atoms with E-state index < -0.39 is 11.4 Å². The highest BCUT2D eigenvalue weighted by atomic mass is 16.1. The second-order valence-electron chi connectivity index (χ2n) is 3.98. The van der Waals surface area contributed by atoms with Crippen LogP contribution in [0, 0.1) is 0 Å². The molecule has 1 aromatic heterocycles. The summed E-state index contributed by atoms with van der Waals surface area (Å²) in [4.78, 5) is 15.7. The zero-order chi connectivity index (χ0) is 13.0. The van der Waals surface area contributed by atoms with E-state index >= 15 is 0 Å². The Morgan fingerprint density at radius 2 is 2.17 bits per heavy atom. The lowest BCUT2D eigenvalue weighted by atomic mass is 9.89. The number of rotatable bonds is 5. The molecular weight excluding hydrogens is 230 g/mol. The fourth-order valence-electron chi connectivity index (χ4n) is 1.94. The summed E-state index contributed by atoms with van der Waals surface area (Å²) in [5, 5.41) is 7.02. The maximum Gasteiger partial charge on any atom is 0.244 e. The Hall–Kier alpha value is -2.21. The van der Waals surface area contributed by atoms with E-state index in [0.717, 1.165) is 5.56 Å². The number of carbonyl (C=O) groups is 1. The number of nitrogens with two attached hydrogens (primary N) is 1. The van der Waals surface area contributed by atoms with Gasteiger partial charge in [0.1, 0.15) is 18.2 Å². The Bertz CT molecular complexity index is 511. The molecule has 1 heterocycles. The Balaban J connectivity index is 2.43. The summed E-state index contributed by atoms with van der Waals surface area (Å²) in [7, 11) is 1.70. The van der Waals surface area contributed by atoms with Crippen LogP contribution in [0.15, 0.2) is 43.0 Å². The van der Waals surface area contributed by atoms with Crippen LogP contribution in [0.1, 0.15) is 5.56 Å². The second kappa shape index (κ2) is 4.97. The topological polar surface area (TPSA) is 85.8 Å². The summed E-state index contributed by atoms with van der Waals surface area (Å²) < 4.78 is 1.58. The molecule has 6 nitrogen and oxygen atoms in total. The molecule has 1 atom stereocenters. The lowest BCUT2D eigenvalue weighted by Crippen LogP contribution is -2.54. The minimum Gasteiger partial charge on any atom is -0.368 e. The van der Waals surface area contributed by atoms with Crippen LogP contribution < -0.4 is 11.1 Å². The van der Waals surface area contributed by atoms with E-state index in [1.54, 1.807) is 18.1 Å². The minimum atomic E-state index is -0.991. The van der Waals surface area contributed by atoms with Gasteiger partial charge in [-0.05, 0) is 12.6 Å². The fourth-order valence-corrected chi connectivity index (χ4v) is 1.94. The average molecular weight is 245 g/mol.